The Morgan fingerprint density at radius 2 is 1.81 bits per heavy atom. The van der Waals surface area contributed by atoms with Gasteiger partial charge in [0, 0.05) is 5.56 Å². The highest BCUT2D eigenvalue weighted by atomic mass is 35.5. The maximum atomic E-state index is 13.4. The van der Waals surface area contributed by atoms with Gasteiger partial charge < -0.3 is 5.11 Å². The van der Waals surface area contributed by atoms with Gasteiger partial charge in [0.15, 0.2) is 11.6 Å². The number of halogens is 3. The molecule has 1 nitrogen and oxygen atoms in total. The third kappa shape index (κ3) is 1.86. The van der Waals surface area contributed by atoms with E-state index in [2.05, 4.69) is 0 Å². The molecule has 0 amide bonds. The molecule has 0 aliphatic rings. The van der Waals surface area contributed by atoms with Gasteiger partial charge in [0.1, 0.15) is 5.75 Å². The minimum Gasteiger partial charge on any atom is -0.506 e. The lowest BCUT2D eigenvalue weighted by Crippen LogP contribution is -1.88. The first kappa shape index (κ1) is 10.9. The molecule has 1 N–H and O–H groups in total. The molecule has 0 atom stereocenters. The van der Waals surface area contributed by atoms with Crippen LogP contribution in [0.25, 0.3) is 11.1 Å². The summed E-state index contributed by atoms with van der Waals surface area (Å²) in [5.74, 6) is -2.03. The topological polar surface area (TPSA) is 20.2 Å². The van der Waals surface area contributed by atoms with Crippen molar-refractivity contribution in [2.75, 3.05) is 0 Å². The number of benzene rings is 2. The molecule has 2 aromatic carbocycles. The van der Waals surface area contributed by atoms with E-state index in [9.17, 15) is 13.9 Å². The Morgan fingerprint density at radius 3 is 2.50 bits per heavy atom. The van der Waals surface area contributed by atoms with Crippen LogP contribution in [-0.4, -0.2) is 5.11 Å². The van der Waals surface area contributed by atoms with Gasteiger partial charge in [-0.2, -0.15) is 0 Å². The van der Waals surface area contributed by atoms with Crippen molar-refractivity contribution in [2.45, 2.75) is 0 Å². The number of aromatic hydroxyl groups is 1. The van der Waals surface area contributed by atoms with E-state index in [-0.39, 0.29) is 16.3 Å². The summed E-state index contributed by atoms with van der Waals surface area (Å²) >= 11 is 5.62. The van der Waals surface area contributed by atoms with Crippen LogP contribution >= 0.6 is 11.6 Å². The molecule has 0 aliphatic carbocycles. The molecule has 0 aliphatic heterocycles. The van der Waals surface area contributed by atoms with Crippen LogP contribution in [0, 0.1) is 11.6 Å². The first-order chi connectivity index (χ1) is 7.59. The minimum atomic E-state index is -0.941. The minimum absolute atomic E-state index is 0.0898. The van der Waals surface area contributed by atoms with E-state index in [0.717, 1.165) is 6.07 Å². The van der Waals surface area contributed by atoms with Crippen molar-refractivity contribution in [1.82, 2.24) is 0 Å². The van der Waals surface area contributed by atoms with Crippen molar-refractivity contribution in [3.8, 4) is 16.9 Å². The highest BCUT2D eigenvalue weighted by Crippen LogP contribution is 2.31. The standard InChI is InChI=1S/C12H7ClF2O/c13-9-5-4-7(6-11(9)16)8-2-1-3-10(14)12(8)15/h1-6,16H. The summed E-state index contributed by atoms with van der Waals surface area (Å²) in [6.45, 7) is 0. The van der Waals surface area contributed by atoms with Crippen LogP contribution in [0.2, 0.25) is 5.02 Å². The van der Waals surface area contributed by atoms with Gasteiger partial charge in [-0.15, -0.1) is 0 Å². The zero-order valence-corrected chi connectivity index (χ0v) is 8.80. The van der Waals surface area contributed by atoms with Crippen molar-refractivity contribution < 1.29 is 13.9 Å². The van der Waals surface area contributed by atoms with Gasteiger partial charge >= 0.3 is 0 Å². The summed E-state index contributed by atoms with van der Waals surface area (Å²) in [5.41, 5.74) is 0.464. The predicted octanol–water partition coefficient (Wildman–Crippen LogP) is 3.99. The van der Waals surface area contributed by atoms with E-state index in [1.807, 2.05) is 0 Å². The second-order valence-electron chi connectivity index (χ2n) is 3.27. The van der Waals surface area contributed by atoms with E-state index in [4.69, 9.17) is 11.6 Å². The van der Waals surface area contributed by atoms with Crippen molar-refractivity contribution in [3.63, 3.8) is 0 Å². The van der Waals surface area contributed by atoms with Crippen molar-refractivity contribution >= 4 is 11.6 Å². The van der Waals surface area contributed by atoms with Crippen molar-refractivity contribution in [1.29, 1.82) is 0 Å². The summed E-state index contributed by atoms with van der Waals surface area (Å²) in [6, 6.07) is 8.10. The van der Waals surface area contributed by atoms with Crippen LogP contribution in [0.1, 0.15) is 0 Å². The molecule has 0 spiro atoms. The molecule has 0 unspecified atom stereocenters. The maximum absolute atomic E-state index is 13.4. The van der Waals surface area contributed by atoms with Gasteiger partial charge in [0.2, 0.25) is 0 Å². The van der Waals surface area contributed by atoms with E-state index < -0.39 is 11.6 Å². The summed E-state index contributed by atoms with van der Waals surface area (Å²) in [7, 11) is 0. The quantitative estimate of drug-likeness (QED) is 0.799. The number of hydrogen-bond acceptors (Lipinski definition) is 1. The fourth-order valence-corrected chi connectivity index (χ4v) is 1.52. The van der Waals surface area contributed by atoms with Gasteiger partial charge in [0.05, 0.1) is 5.02 Å². The Balaban J connectivity index is 2.59. The molecule has 82 valence electrons. The largest absolute Gasteiger partial charge is 0.506 e. The Bertz CT molecular complexity index is 541. The monoisotopic (exact) mass is 240 g/mol. The lowest BCUT2D eigenvalue weighted by Gasteiger charge is -2.05. The van der Waals surface area contributed by atoms with Crippen LogP contribution < -0.4 is 0 Å². The van der Waals surface area contributed by atoms with Crippen molar-refractivity contribution in [2.24, 2.45) is 0 Å². The van der Waals surface area contributed by atoms with Gasteiger partial charge in [-0.1, -0.05) is 29.8 Å². The van der Waals surface area contributed by atoms with Crippen LogP contribution in [0.15, 0.2) is 36.4 Å². The molecular weight excluding hydrogens is 234 g/mol. The lowest BCUT2D eigenvalue weighted by molar-refractivity contribution is 0.475. The first-order valence-corrected chi connectivity index (χ1v) is 4.90. The molecule has 4 heteroatoms. The summed E-state index contributed by atoms with van der Waals surface area (Å²) in [4.78, 5) is 0. The molecule has 0 heterocycles. The molecule has 0 saturated carbocycles. The molecule has 0 fully saturated rings. The summed E-state index contributed by atoms with van der Waals surface area (Å²) in [5, 5.41) is 9.54. The highest BCUT2D eigenvalue weighted by Gasteiger charge is 2.10. The second kappa shape index (κ2) is 4.10. The van der Waals surface area contributed by atoms with Gasteiger partial charge in [-0.3, -0.25) is 0 Å². The van der Waals surface area contributed by atoms with Crippen molar-refractivity contribution in [3.05, 3.63) is 53.1 Å². The van der Waals surface area contributed by atoms with Crippen LogP contribution in [-0.2, 0) is 0 Å². The fourth-order valence-electron chi connectivity index (χ4n) is 1.41. The number of phenols is 1. The zero-order valence-electron chi connectivity index (χ0n) is 8.05. The second-order valence-corrected chi connectivity index (χ2v) is 3.67. The van der Waals surface area contributed by atoms with Gasteiger partial charge in [-0.05, 0) is 23.8 Å². The van der Waals surface area contributed by atoms with Crippen LogP contribution in [0.4, 0.5) is 8.78 Å². The lowest BCUT2D eigenvalue weighted by atomic mass is 10.0. The normalized spacial score (nSPS) is 10.4. The Labute approximate surface area is 95.9 Å². The van der Waals surface area contributed by atoms with E-state index >= 15 is 0 Å². The van der Waals surface area contributed by atoms with E-state index in [1.165, 1.54) is 30.3 Å². The maximum Gasteiger partial charge on any atom is 0.166 e. The molecule has 2 rings (SSSR count). The number of rotatable bonds is 1. The Morgan fingerprint density at radius 1 is 1.06 bits per heavy atom. The molecule has 0 bridgehead atoms. The van der Waals surface area contributed by atoms with E-state index in [0.29, 0.717) is 5.56 Å². The molecular formula is C12H7ClF2O. The molecule has 0 radical (unpaired) electrons. The summed E-state index contributed by atoms with van der Waals surface area (Å²) < 4.78 is 26.4. The highest BCUT2D eigenvalue weighted by molar-refractivity contribution is 6.32. The Hall–Kier alpha value is -1.61. The first-order valence-electron chi connectivity index (χ1n) is 4.52. The number of hydrogen-bond donors (Lipinski definition) is 1. The van der Waals surface area contributed by atoms with E-state index in [1.54, 1.807) is 0 Å². The van der Waals surface area contributed by atoms with Crippen LogP contribution in [0.3, 0.4) is 0 Å². The third-order valence-electron chi connectivity index (χ3n) is 2.21. The summed E-state index contributed by atoms with van der Waals surface area (Å²) in [6.07, 6.45) is 0. The smallest absolute Gasteiger partial charge is 0.166 e. The number of phenolic OH excluding ortho intramolecular Hbond substituents is 1. The molecule has 16 heavy (non-hydrogen) atoms. The molecule has 2 aromatic rings. The average Bonchev–Trinajstić information content (AvgIpc) is 2.26. The predicted molar refractivity (Wildman–Crippen MR) is 58.5 cm³/mol. The average molecular weight is 241 g/mol. The SMILES string of the molecule is Oc1cc(-c2cccc(F)c2F)ccc1Cl. The fraction of sp³-hybridized carbons (Fsp3) is 0. The zero-order chi connectivity index (χ0) is 11.7. The molecule has 0 saturated heterocycles. The van der Waals surface area contributed by atoms with Gasteiger partial charge in [-0.25, -0.2) is 8.78 Å². The Kier molecular flexibility index (Phi) is 2.79. The van der Waals surface area contributed by atoms with Crippen LogP contribution in [0.5, 0.6) is 5.75 Å². The molecule has 0 aromatic heterocycles. The van der Waals surface area contributed by atoms with Gasteiger partial charge in [0.25, 0.3) is 0 Å². The third-order valence-corrected chi connectivity index (χ3v) is 2.53.